The summed E-state index contributed by atoms with van der Waals surface area (Å²) in [4.78, 5) is 7.34. The van der Waals surface area contributed by atoms with E-state index in [-0.39, 0.29) is 11.8 Å². The summed E-state index contributed by atoms with van der Waals surface area (Å²) in [6.07, 6.45) is -9.33. The minimum Gasteiger partial charge on any atom is -0.468 e. The van der Waals surface area contributed by atoms with Gasteiger partial charge < -0.3 is 20.1 Å². The third-order valence-corrected chi connectivity index (χ3v) is 3.57. The van der Waals surface area contributed by atoms with Gasteiger partial charge in [-0.1, -0.05) is 6.58 Å². The lowest BCUT2D eigenvalue weighted by molar-refractivity contribution is -0.154. The van der Waals surface area contributed by atoms with Crippen molar-refractivity contribution in [1.82, 2.24) is 9.97 Å². The van der Waals surface area contributed by atoms with Gasteiger partial charge in [0.2, 0.25) is 17.7 Å². The lowest BCUT2D eigenvalue weighted by Gasteiger charge is -2.15. The fourth-order valence-electron chi connectivity index (χ4n) is 1.79. The van der Waals surface area contributed by atoms with Gasteiger partial charge in [0, 0.05) is 9.26 Å². The molecule has 1 aromatic heterocycles. The van der Waals surface area contributed by atoms with Gasteiger partial charge in [-0.25, -0.2) is 0 Å². The van der Waals surface area contributed by atoms with E-state index in [1.165, 1.54) is 0 Å². The van der Waals surface area contributed by atoms with Gasteiger partial charge in [0.25, 0.3) is 0 Å². The molecular weight excluding hydrogens is 521 g/mol. The van der Waals surface area contributed by atoms with E-state index < -0.39 is 37.3 Å². The second-order valence-corrected chi connectivity index (χ2v) is 6.66. The Hall–Kier alpha value is -2.45. The van der Waals surface area contributed by atoms with E-state index in [9.17, 15) is 26.3 Å². The SMILES string of the molecule is C=C(Nc1ccc(I)cc1)Nc1nc(OCC(F)(F)F)cc(OCC(F)(F)F)n1. The van der Waals surface area contributed by atoms with Gasteiger partial charge in [-0.2, -0.15) is 36.3 Å². The molecule has 1 heterocycles. The highest BCUT2D eigenvalue weighted by atomic mass is 127. The molecule has 1 aromatic carbocycles. The molecule has 0 saturated carbocycles. The molecule has 2 N–H and O–H groups in total. The number of rotatable bonds is 8. The smallest absolute Gasteiger partial charge is 0.422 e. The second-order valence-electron chi connectivity index (χ2n) is 5.41. The molecule has 29 heavy (non-hydrogen) atoms. The number of benzene rings is 1. The van der Waals surface area contributed by atoms with Gasteiger partial charge in [-0.15, -0.1) is 0 Å². The van der Waals surface area contributed by atoms with E-state index in [0.29, 0.717) is 5.69 Å². The molecule has 0 spiro atoms. The highest BCUT2D eigenvalue weighted by molar-refractivity contribution is 14.1. The third-order valence-electron chi connectivity index (χ3n) is 2.85. The normalized spacial score (nSPS) is 11.7. The maximum atomic E-state index is 12.3. The van der Waals surface area contributed by atoms with E-state index >= 15 is 0 Å². The molecule has 0 radical (unpaired) electrons. The van der Waals surface area contributed by atoms with Crippen LogP contribution in [0.25, 0.3) is 0 Å². The van der Waals surface area contributed by atoms with Gasteiger partial charge in [0.1, 0.15) is 5.82 Å². The third kappa shape index (κ3) is 9.06. The Labute approximate surface area is 174 Å². The van der Waals surface area contributed by atoms with Crippen LogP contribution in [0.4, 0.5) is 38.0 Å². The van der Waals surface area contributed by atoms with Gasteiger partial charge in [0.05, 0.1) is 6.07 Å². The molecule has 2 aromatic rings. The second kappa shape index (κ2) is 9.37. The summed E-state index contributed by atoms with van der Waals surface area (Å²) >= 11 is 2.11. The summed E-state index contributed by atoms with van der Waals surface area (Å²) in [5.41, 5.74) is 0.626. The number of hydrogen-bond acceptors (Lipinski definition) is 6. The molecule has 0 amide bonds. The Morgan fingerprint density at radius 3 is 1.83 bits per heavy atom. The summed E-state index contributed by atoms with van der Waals surface area (Å²) in [6, 6.07) is 7.80. The maximum Gasteiger partial charge on any atom is 0.422 e. The number of anilines is 2. The van der Waals surface area contributed by atoms with Gasteiger partial charge in [0.15, 0.2) is 13.2 Å². The van der Waals surface area contributed by atoms with Crippen molar-refractivity contribution in [2.75, 3.05) is 23.8 Å². The van der Waals surface area contributed by atoms with Crippen LogP contribution in [0.5, 0.6) is 11.8 Å². The van der Waals surface area contributed by atoms with E-state index in [4.69, 9.17) is 0 Å². The summed E-state index contributed by atoms with van der Waals surface area (Å²) in [5, 5.41) is 5.37. The topological polar surface area (TPSA) is 68.3 Å². The first-order valence-corrected chi connectivity index (χ1v) is 8.74. The zero-order valence-corrected chi connectivity index (χ0v) is 16.5. The molecule has 13 heteroatoms. The quantitative estimate of drug-likeness (QED) is 0.369. The Morgan fingerprint density at radius 2 is 1.38 bits per heavy atom. The van der Waals surface area contributed by atoms with Crippen molar-refractivity contribution < 1.29 is 35.8 Å². The Bertz CT molecular complexity index is 807. The Kier molecular flexibility index (Phi) is 7.37. The molecule has 0 aliphatic carbocycles. The molecule has 0 aliphatic heterocycles. The molecule has 0 bridgehead atoms. The standard InChI is InChI=1S/C16H13F6IN4O2/c1-9(24-11-4-2-10(23)3-5-11)25-14-26-12(28-7-15(17,18)19)6-13(27-14)29-8-16(20,21)22/h2-6,24H,1,7-8H2,(H,25,26,27). The van der Waals surface area contributed by atoms with Gasteiger partial charge in [-0.3, -0.25) is 0 Å². The zero-order valence-electron chi connectivity index (χ0n) is 14.4. The average Bonchev–Trinajstić information content (AvgIpc) is 2.59. The predicted molar refractivity (Wildman–Crippen MR) is 101 cm³/mol. The van der Waals surface area contributed by atoms with Crippen molar-refractivity contribution in [3.8, 4) is 11.8 Å². The predicted octanol–water partition coefficient (Wildman–Crippen LogP) is 4.96. The lowest BCUT2D eigenvalue weighted by atomic mass is 10.3. The summed E-state index contributed by atoms with van der Waals surface area (Å²) < 4.78 is 84.0. The van der Waals surface area contributed by atoms with Crippen molar-refractivity contribution >= 4 is 34.2 Å². The molecule has 0 fully saturated rings. The van der Waals surface area contributed by atoms with Crippen molar-refractivity contribution in [3.05, 3.63) is 46.3 Å². The first-order valence-electron chi connectivity index (χ1n) is 7.66. The van der Waals surface area contributed by atoms with Crippen LogP contribution < -0.4 is 20.1 Å². The highest BCUT2D eigenvalue weighted by Crippen LogP contribution is 2.24. The fourth-order valence-corrected chi connectivity index (χ4v) is 2.15. The zero-order chi connectivity index (χ0) is 21.7. The number of halogens is 7. The molecule has 6 nitrogen and oxygen atoms in total. The van der Waals surface area contributed by atoms with Gasteiger partial charge in [-0.05, 0) is 46.9 Å². The Morgan fingerprint density at radius 1 is 0.897 bits per heavy atom. The van der Waals surface area contributed by atoms with Crippen molar-refractivity contribution in [2.45, 2.75) is 12.4 Å². The van der Waals surface area contributed by atoms with Gasteiger partial charge >= 0.3 is 12.4 Å². The van der Waals surface area contributed by atoms with Crippen molar-refractivity contribution in [3.63, 3.8) is 0 Å². The average molecular weight is 534 g/mol. The van der Waals surface area contributed by atoms with Crippen LogP contribution in [0.2, 0.25) is 0 Å². The first-order chi connectivity index (χ1) is 13.4. The minimum absolute atomic E-state index is 0.112. The molecule has 0 saturated heterocycles. The van der Waals surface area contributed by atoms with Crippen LogP contribution in [-0.4, -0.2) is 35.5 Å². The number of hydrogen-bond donors (Lipinski definition) is 2. The monoisotopic (exact) mass is 534 g/mol. The summed E-state index contributed by atoms with van der Waals surface area (Å²) in [5.74, 6) is -1.51. The summed E-state index contributed by atoms with van der Waals surface area (Å²) in [6.45, 7) is 0.271. The van der Waals surface area contributed by atoms with E-state index in [1.807, 2.05) is 0 Å². The highest BCUT2D eigenvalue weighted by Gasteiger charge is 2.30. The van der Waals surface area contributed by atoms with Crippen LogP contribution in [-0.2, 0) is 0 Å². The van der Waals surface area contributed by atoms with Crippen LogP contribution >= 0.6 is 22.6 Å². The van der Waals surface area contributed by atoms with Crippen molar-refractivity contribution in [2.24, 2.45) is 0 Å². The van der Waals surface area contributed by atoms with Crippen LogP contribution in [0.15, 0.2) is 42.7 Å². The lowest BCUT2D eigenvalue weighted by Crippen LogP contribution is -2.21. The molecule has 0 unspecified atom stereocenters. The maximum absolute atomic E-state index is 12.3. The number of nitrogens with zero attached hydrogens (tertiary/aromatic N) is 2. The van der Waals surface area contributed by atoms with Crippen LogP contribution in [0.3, 0.4) is 0 Å². The molecule has 0 aliphatic rings. The fraction of sp³-hybridized carbons (Fsp3) is 0.250. The number of aromatic nitrogens is 2. The largest absolute Gasteiger partial charge is 0.468 e. The van der Waals surface area contributed by atoms with E-state index in [0.717, 1.165) is 9.64 Å². The van der Waals surface area contributed by atoms with E-state index in [1.54, 1.807) is 24.3 Å². The first kappa shape index (κ1) is 22.8. The number of nitrogens with one attached hydrogen (secondary N) is 2. The molecule has 2 rings (SSSR count). The van der Waals surface area contributed by atoms with E-state index in [2.05, 4.69) is 59.2 Å². The Balaban J connectivity index is 2.14. The molecular formula is C16H13F6IN4O2. The van der Waals surface area contributed by atoms with Crippen LogP contribution in [0.1, 0.15) is 0 Å². The minimum atomic E-state index is -4.67. The van der Waals surface area contributed by atoms with Crippen LogP contribution in [0, 0.1) is 3.57 Å². The number of ether oxygens (including phenoxy) is 2. The number of alkyl halides is 6. The molecule has 158 valence electrons. The van der Waals surface area contributed by atoms with Crippen molar-refractivity contribution in [1.29, 1.82) is 0 Å². The summed E-state index contributed by atoms with van der Waals surface area (Å²) in [7, 11) is 0. The molecule has 0 atom stereocenters.